The highest BCUT2D eigenvalue weighted by Gasteiger charge is 2.53. The first kappa shape index (κ1) is 18.8. The number of hydrogen-bond acceptors (Lipinski definition) is 4. The fourth-order valence-corrected chi connectivity index (χ4v) is 4.92. The lowest BCUT2D eigenvalue weighted by atomic mass is 9.69. The van der Waals surface area contributed by atoms with Crippen LogP contribution in [0.15, 0.2) is 18.2 Å². The molecule has 148 valence electrons. The van der Waals surface area contributed by atoms with Gasteiger partial charge in [-0.15, -0.1) is 0 Å². The Hall–Kier alpha value is -1.59. The molecule has 1 spiro atoms. The highest BCUT2D eigenvalue weighted by Crippen LogP contribution is 2.53. The van der Waals surface area contributed by atoms with Crippen molar-refractivity contribution in [3.63, 3.8) is 0 Å². The smallest absolute Gasteiger partial charge is 0.254 e. The molecule has 0 saturated carbocycles. The van der Waals surface area contributed by atoms with Crippen LogP contribution in [0.1, 0.15) is 56.8 Å². The molecule has 1 amide bonds. The molecular weight excluding hydrogens is 342 g/mol. The summed E-state index contributed by atoms with van der Waals surface area (Å²) in [5.41, 5.74) is 1.38. The summed E-state index contributed by atoms with van der Waals surface area (Å²) in [5, 5.41) is 0. The van der Waals surface area contributed by atoms with Gasteiger partial charge in [0.25, 0.3) is 5.91 Å². The van der Waals surface area contributed by atoms with Crippen molar-refractivity contribution < 1.29 is 19.0 Å². The van der Waals surface area contributed by atoms with E-state index in [9.17, 15) is 4.79 Å². The van der Waals surface area contributed by atoms with Gasteiger partial charge in [-0.3, -0.25) is 4.79 Å². The summed E-state index contributed by atoms with van der Waals surface area (Å²) in [6.45, 7) is 7.99. The van der Waals surface area contributed by atoms with E-state index >= 15 is 0 Å². The van der Waals surface area contributed by atoms with Crippen molar-refractivity contribution in [3.8, 4) is 5.75 Å². The predicted molar refractivity (Wildman–Crippen MR) is 103 cm³/mol. The summed E-state index contributed by atoms with van der Waals surface area (Å²) in [5.74, 6) is 1.38. The standard InChI is InChI=1S/C22H31NO4/c1-15-7-8-16-18(14-15)27-22(17-6-5-13-26-19(16)17)9-11-23(12-10-22)20(24)21(2,3)25-4/h7-8,14,17,19H,5-6,9-13H2,1-4H3/t17-,19+/m0/s1. The number of likely N-dealkylation sites (tertiary alicyclic amines) is 1. The number of benzene rings is 1. The van der Waals surface area contributed by atoms with Crippen molar-refractivity contribution in [2.75, 3.05) is 26.8 Å². The highest BCUT2D eigenvalue weighted by molar-refractivity contribution is 5.84. The van der Waals surface area contributed by atoms with Crippen molar-refractivity contribution in [2.24, 2.45) is 5.92 Å². The number of nitrogens with zero attached hydrogens (tertiary/aromatic N) is 1. The summed E-state index contributed by atoms with van der Waals surface area (Å²) < 4.78 is 18.3. The van der Waals surface area contributed by atoms with Crippen LogP contribution in [0.4, 0.5) is 0 Å². The second kappa shape index (κ2) is 6.78. The Morgan fingerprint density at radius 2 is 2.04 bits per heavy atom. The van der Waals surface area contributed by atoms with E-state index in [-0.39, 0.29) is 17.6 Å². The van der Waals surface area contributed by atoms with E-state index < -0.39 is 5.60 Å². The van der Waals surface area contributed by atoms with Crippen LogP contribution < -0.4 is 4.74 Å². The zero-order chi connectivity index (χ0) is 19.2. The van der Waals surface area contributed by atoms with Crippen LogP contribution in [-0.4, -0.2) is 48.8 Å². The van der Waals surface area contributed by atoms with Crippen LogP contribution in [0, 0.1) is 12.8 Å². The van der Waals surface area contributed by atoms with Gasteiger partial charge in [-0.05, 0) is 45.2 Å². The van der Waals surface area contributed by atoms with Crippen molar-refractivity contribution in [2.45, 2.75) is 63.8 Å². The van der Waals surface area contributed by atoms with Gasteiger partial charge >= 0.3 is 0 Å². The number of ether oxygens (including phenoxy) is 3. The van der Waals surface area contributed by atoms with Gasteiger partial charge in [0, 0.05) is 51.1 Å². The molecule has 0 aliphatic carbocycles. The molecule has 4 rings (SSSR count). The Morgan fingerprint density at radius 1 is 1.30 bits per heavy atom. The second-order valence-corrected chi connectivity index (χ2v) is 8.75. The summed E-state index contributed by atoms with van der Waals surface area (Å²) in [4.78, 5) is 14.7. The molecule has 0 aromatic heterocycles. The molecule has 5 heteroatoms. The number of hydrogen-bond donors (Lipinski definition) is 0. The number of aryl methyl sites for hydroxylation is 1. The molecular formula is C22H31NO4. The Bertz CT molecular complexity index is 721. The largest absolute Gasteiger partial charge is 0.486 e. The quantitative estimate of drug-likeness (QED) is 0.794. The maximum Gasteiger partial charge on any atom is 0.254 e. The fraction of sp³-hybridized carbons (Fsp3) is 0.682. The molecule has 1 aromatic rings. The van der Waals surface area contributed by atoms with Crippen molar-refractivity contribution in [1.29, 1.82) is 0 Å². The van der Waals surface area contributed by atoms with Crippen LogP contribution in [0.2, 0.25) is 0 Å². The van der Waals surface area contributed by atoms with Gasteiger partial charge in [-0.25, -0.2) is 0 Å². The lowest BCUT2D eigenvalue weighted by Gasteiger charge is -2.53. The highest BCUT2D eigenvalue weighted by atomic mass is 16.5. The molecule has 0 radical (unpaired) electrons. The Balaban J connectivity index is 1.59. The summed E-state index contributed by atoms with van der Waals surface area (Å²) in [7, 11) is 1.59. The van der Waals surface area contributed by atoms with Gasteiger partial charge < -0.3 is 19.1 Å². The molecule has 1 aromatic carbocycles. The fourth-order valence-electron chi connectivity index (χ4n) is 4.92. The van der Waals surface area contributed by atoms with E-state index in [0.717, 1.165) is 38.0 Å². The maximum absolute atomic E-state index is 12.8. The molecule has 3 aliphatic heterocycles. The molecule has 2 atom stereocenters. The number of carbonyl (C=O) groups excluding carboxylic acids is 1. The lowest BCUT2D eigenvalue weighted by Crippen LogP contribution is -2.59. The third kappa shape index (κ3) is 3.15. The lowest BCUT2D eigenvalue weighted by molar-refractivity contribution is -0.166. The van der Waals surface area contributed by atoms with Gasteiger partial charge in [0.05, 0.1) is 6.10 Å². The predicted octanol–water partition coefficient (Wildman–Crippen LogP) is 3.64. The SMILES string of the molecule is COC(C)(C)C(=O)N1CCC2(CC1)Oc1cc(C)ccc1[C@H]1OCCC[C@@H]12. The van der Waals surface area contributed by atoms with E-state index in [0.29, 0.717) is 19.0 Å². The Labute approximate surface area is 162 Å². The summed E-state index contributed by atoms with van der Waals surface area (Å²) in [6.07, 6.45) is 4.00. The van der Waals surface area contributed by atoms with Crippen LogP contribution >= 0.6 is 0 Å². The van der Waals surface area contributed by atoms with E-state index in [1.165, 1.54) is 11.1 Å². The average Bonchev–Trinajstić information content (AvgIpc) is 2.68. The molecule has 3 heterocycles. The number of methoxy groups -OCH3 is 1. The number of rotatable bonds is 2. The van der Waals surface area contributed by atoms with Gasteiger partial charge in [-0.1, -0.05) is 12.1 Å². The van der Waals surface area contributed by atoms with Crippen LogP contribution in [0.25, 0.3) is 0 Å². The third-order valence-corrected chi connectivity index (χ3v) is 6.71. The zero-order valence-corrected chi connectivity index (χ0v) is 16.9. The van der Waals surface area contributed by atoms with E-state index in [1.807, 2.05) is 18.7 Å². The molecule has 5 nitrogen and oxygen atoms in total. The molecule has 27 heavy (non-hydrogen) atoms. The maximum atomic E-state index is 12.8. The monoisotopic (exact) mass is 373 g/mol. The van der Waals surface area contributed by atoms with E-state index in [4.69, 9.17) is 14.2 Å². The minimum absolute atomic E-state index is 0.0587. The topological polar surface area (TPSA) is 48.0 Å². The van der Waals surface area contributed by atoms with E-state index in [1.54, 1.807) is 7.11 Å². The normalized spacial score (nSPS) is 26.9. The number of amides is 1. The van der Waals surface area contributed by atoms with Crippen molar-refractivity contribution in [3.05, 3.63) is 29.3 Å². The summed E-state index contributed by atoms with van der Waals surface area (Å²) in [6, 6.07) is 6.44. The first-order valence-electron chi connectivity index (χ1n) is 10.1. The third-order valence-electron chi connectivity index (χ3n) is 6.71. The molecule has 0 unspecified atom stereocenters. The zero-order valence-electron chi connectivity index (χ0n) is 16.9. The molecule has 3 aliphatic rings. The van der Waals surface area contributed by atoms with Crippen molar-refractivity contribution in [1.82, 2.24) is 4.90 Å². The van der Waals surface area contributed by atoms with Gasteiger partial charge in [0.1, 0.15) is 17.0 Å². The number of piperidine rings is 1. The average molecular weight is 373 g/mol. The Kier molecular flexibility index (Phi) is 4.71. The van der Waals surface area contributed by atoms with Gasteiger partial charge in [0.15, 0.2) is 0 Å². The molecule has 2 saturated heterocycles. The minimum Gasteiger partial charge on any atom is -0.486 e. The van der Waals surface area contributed by atoms with E-state index in [2.05, 4.69) is 25.1 Å². The van der Waals surface area contributed by atoms with Gasteiger partial charge in [0.2, 0.25) is 0 Å². The Morgan fingerprint density at radius 3 is 2.74 bits per heavy atom. The van der Waals surface area contributed by atoms with Crippen LogP contribution in [0.3, 0.4) is 0 Å². The first-order valence-corrected chi connectivity index (χ1v) is 10.1. The van der Waals surface area contributed by atoms with Crippen molar-refractivity contribution >= 4 is 5.91 Å². The number of carbonyl (C=O) groups is 1. The van der Waals surface area contributed by atoms with Crippen LogP contribution in [0.5, 0.6) is 5.75 Å². The molecule has 2 fully saturated rings. The molecule has 0 N–H and O–H groups in total. The second-order valence-electron chi connectivity index (χ2n) is 8.75. The van der Waals surface area contributed by atoms with Crippen LogP contribution in [-0.2, 0) is 14.3 Å². The van der Waals surface area contributed by atoms with Gasteiger partial charge in [-0.2, -0.15) is 0 Å². The summed E-state index contributed by atoms with van der Waals surface area (Å²) >= 11 is 0. The minimum atomic E-state index is -0.780. The molecule has 0 bridgehead atoms. The number of fused-ring (bicyclic) bond motifs is 4. The first-order chi connectivity index (χ1) is 12.9.